The Hall–Kier alpha value is -0.870. The van der Waals surface area contributed by atoms with Crippen LogP contribution in [0.3, 0.4) is 0 Å². The van der Waals surface area contributed by atoms with E-state index < -0.39 is 0 Å². The largest absolute Gasteiger partial charge is 0.302 e. The molecule has 4 unspecified atom stereocenters. The molecule has 1 saturated carbocycles. The van der Waals surface area contributed by atoms with Crippen LogP contribution in [-0.2, 0) is 9.59 Å². The number of nitrogens with zero attached hydrogens (tertiary/aromatic N) is 2. The normalized spacial score (nSPS) is 38.7. The van der Waals surface area contributed by atoms with E-state index in [1.54, 1.807) is 4.90 Å². The van der Waals surface area contributed by atoms with E-state index in [0.717, 1.165) is 26.1 Å². The molecular formula is C15H21ClN2O2. The number of carbonyl (C=O) groups is 2. The maximum atomic E-state index is 12.4. The van der Waals surface area contributed by atoms with Gasteiger partial charge >= 0.3 is 0 Å². The quantitative estimate of drug-likeness (QED) is 0.582. The summed E-state index contributed by atoms with van der Waals surface area (Å²) in [5.41, 5.74) is 0. The van der Waals surface area contributed by atoms with E-state index >= 15 is 0 Å². The first-order chi connectivity index (χ1) is 9.25. The van der Waals surface area contributed by atoms with Crippen LogP contribution in [-0.4, -0.2) is 47.8 Å². The van der Waals surface area contributed by atoms with Gasteiger partial charge in [0, 0.05) is 13.1 Å². The first kappa shape index (κ1) is 14.1. The van der Waals surface area contributed by atoms with Crippen molar-refractivity contribution in [2.75, 3.05) is 26.2 Å². The van der Waals surface area contributed by atoms with Gasteiger partial charge in [0.25, 0.3) is 0 Å². The Morgan fingerprint density at radius 3 is 2.05 bits per heavy atom. The third kappa shape index (κ3) is 1.92. The molecule has 0 aromatic carbocycles. The van der Waals surface area contributed by atoms with E-state index in [-0.39, 0.29) is 36.1 Å². The molecule has 20 heavy (non-hydrogen) atoms. The lowest BCUT2D eigenvalue weighted by atomic mass is 9.85. The zero-order chi connectivity index (χ0) is 13.0. The molecule has 4 aliphatic rings. The highest BCUT2D eigenvalue weighted by atomic mass is 35.5. The number of imide groups is 1. The second-order valence-electron chi connectivity index (χ2n) is 6.38. The number of hydrogen-bond donors (Lipinski definition) is 0. The highest BCUT2D eigenvalue weighted by molar-refractivity contribution is 6.06. The fourth-order valence-electron chi connectivity index (χ4n) is 4.43. The molecule has 2 aliphatic heterocycles. The molecule has 0 N–H and O–H groups in total. The van der Waals surface area contributed by atoms with Crippen molar-refractivity contribution in [1.82, 2.24) is 9.80 Å². The summed E-state index contributed by atoms with van der Waals surface area (Å²) in [6.45, 7) is 3.70. The Morgan fingerprint density at radius 2 is 1.50 bits per heavy atom. The van der Waals surface area contributed by atoms with E-state index in [9.17, 15) is 9.59 Å². The van der Waals surface area contributed by atoms with E-state index in [1.165, 1.54) is 12.8 Å². The first-order valence-corrected chi connectivity index (χ1v) is 7.51. The van der Waals surface area contributed by atoms with Crippen LogP contribution >= 0.6 is 12.4 Å². The van der Waals surface area contributed by atoms with Crippen LogP contribution in [0.5, 0.6) is 0 Å². The minimum Gasteiger partial charge on any atom is -0.302 e. The van der Waals surface area contributed by atoms with Gasteiger partial charge in [-0.25, -0.2) is 0 Å². The maximum absolute atomic E-state index is 12.4. The molecule has 0 radical (unpaired) electrons. The average molecular weight is 297 g/mol. The van der Waals surface area contributed by atoms with E-state index in [2.05, 4.69) is 17.1 Å². The molecule has 2 amide bonds. The molecule has 3 fully saturated rings. The number of rotatable bonds is 3. The number of hydrogen-bond acceptors (Lipinski definition) is 3. The van der Waals surface area contributed by atoms with Gasteiger partial charge in [-0.15, -0.1) is 12.4 Å². The lowest BCUT2D eigenvalue weighted by Gasteiger charge is -2.21. The number of halogens is 1. The molecule has 0 aromatic rings. The molecule has 0 spiro atoms. The number of fused-ring (bicyclic) bond motifs is 5. The van der Waals surface area contributed by atoms with E-state index in [1.807, 2.05) is 0 Å². The molecule has 4 atom stereocenters. The third-order valence-electron chi connectivity index (χ3n) is 5.40. The minimum atomic E-state index is -0.0268. The van der Waals surface area contributed by atoms with Gasteiger partial charge in [0.15, 0.2) is 0 Å². The fraction of sp³-hybridized carbons (Fsp3) is 0.733. The number of amides is 2. The van der Waals surface area contributed by atoms with Crippen molar-refractivity contribution >= 4 is 24.2 Å². The molecular weight excluding hydrogens is 276 g/mol. The Kier molecular flexibility index (Phi) is 3.63. The van der Waals surface area contributed by atoms with Gasteiger partial charge in [-0.2, -0.15) is 0 Å². The predicted molar refractivity (Wildman–Crippen MR) is 77.4 cm³/mol. The van der Waals surface area contributed by atoms with Gasteiger partial charge in [-0.3, -0.25) is 14.5 Å². The van der Waals surface area contributed by atoms with Crippen LogP contribution in [0.25, 0.3) is 0 Å². The Balaban J connectivity index is 0.00000121. The predicted octanol–water partition coefficient (Wildman–Crippen LogP) is 1.31. The van der Waals surface area contributed by atoms with Crippen molar-refractivity contribution in [2.24, 2.45) is 23.7 Å². The Labute approximate surface area is 125 Å². The second-order valence-corrected chi connectivity index (χ2v) is 6.38. The van der Waals surface area contributed by atoms with Gasteiger partial charge in [-0.1, -0.05) is 12.2 Å². The molecule has 110 valence electrons. The van der Waals surface area contributed by atoms with Crippen molar-refractivity contribution in [3.63, 3.8) is 0 Å². The van der Waals surface area contributed by atoms with Crippen molar-refractivity contribution in [3.05, 3.63) is 12.2 Å². The Morgan fingerprint density at radius 1 is 0.950 bits per heavy atom. The number of allylic oxidation sites excluding steroid dienone is 2. The number of likely N-dealkylation sites (tertiary alicyclic amines) is 2. The minimum absolute atomic E-state index is 0. The van der Waals surface area contributed by atoms with Gasteiger partial charge in [0.1, 0.15) is 0 Å². The molecule has 2 bridgehead atoms. The SMILES string of the molecule is Cl.O=C1C2C3C=CC(C3)C2C(=O)N1CCN1CCCC1. The fourth-order valence-corrected chi connectivity index (χ4v) is 4.43. The zero-order valence-corrected chi connectivity index (χ0v) is 12.3. The molecule has 2 heterocycles. The molecule has 5 heteroatoms. The monoisotopic (exact) mass is 296 g/mol. The molecule has 0 aromatic heterocycles. The number of carbonyl (C=O) groups excluding carboxylic acids is 2. The van der Waals surface area contributed by atoms with Crippen molar-refractivity contribution in [2.45, 2.75) is 19.3 Å². The summed E-state index contributed by atoms with van der Waals surface area (Å²) < 4.78 is 0. The zero-order valence-electron chi connectivity index (χ0n) is 11.5. The van der Waals surface area contributed by atoms with Gasteiger partial charge in [0.2, 0.25) is 11.8 Å². The second kappa shape index (κ2) is 5.15. The van der Waals surface area contributed by atoms with Crippen LogP contribution in [0.15, 0.2) is 12.2 Å². The lowest BCUT2D eigenvalue weighted by Crippen LogP contribution is -2.39. The molecule has 4 nitrogen and oxygen atoms in total. The summed E-state index contributed by atoms with van der Waals surface area (Å²) in [5.74, 6) is 0.825. The highest BCUT2D eigenvalue weighted by Gasteiger charge is 2.58. The average Bonchev–Trinajstić information content (AvgIpc) is 3.14. The first-order valence-electron chi connectivity index (χ1n) is 7.51. The molecule has 4 rings (SSSR count). The van der Waals surface area contributed by atoms with Crippen LogP contribution in [0, 0.1) is 23.7 Å². The van der Waals surface area contributed by atoms with Crippen molar-refractivity contribution < 1.29 is 9.59 Å². The summed E-state index contributed by atoms with van der Waals surface area (Å²) in [4.78, 5) is 28.8. The van der Waals surface area contributed by atoms with Crippen LogP contribution in [0.4, 0.5) is 0 Å². The highest BCUT2D eigenvalue weighted by Crippen LogP contribution is 2.52. The van der Waals surface area contributed by atoms with Crippen molar-refractivity contribution in [3.8, 4) is 0 Å². The standard InChI is InChI=1S/C15H20N2O2.ClH/c18-14-12-10-3-4-11(9-10)13(12)15(19)17(14)8-7-16-5-1-2-6-16;/h3-4,10-13H,1-2,5-9H2;1H. The topological polar surface area (TPSA) is 40.6 Å². The summed E-state index contributed by atoms with van der Waals surface area (Å²) in [5, 5.41) is 0. The molecule has 2 aliphatic carbocycles. The summed E-state index contributed by atoms with van der Waals surface area (Å²) in [6, 6.07) is 0. The maximum Gasteiger partial charge on any atom is 0.233 e. The van der Waals surface area contributed by atoms with Gasteiger partial charge in [-0.05, 0) is 44.2 Å². The van der Waals surface area contributed by atoms with Crippen molar-refractivity contribution in [1.29, 1.82) is 0 Å². The van der Waals surface area contributed by atoms with E-state index in [0.29, 0.717) is 18.4 Å². The Bertz CT molecular complexity index is 429. The van der Waals surface area contributed by atoms with E-state index in [4.69, 9.17) is 0 Å². The molecule has 2 saturated heterocycles. The smallest absolute Gasteiger partial charge is 0.233 e. The summed E-state index contributed by atoms with van der Waals surface area (Å²) >= 11 is 0. The third-order valence-corrected chi connectivity index (χ3v) is 5.40. The van der Waals surface area contributed by atoms with Crippen LogP contribution < -0.4 is 0 Å². The van der Waals surface area contributed by atoms with Crippen LogP contribution in [0.1, 0.15) is 19.3 Å². The van der Waals surface area contributed by atoms with Gasteiger partial charge in [0.05, 0.1) is 11.8 Å². The summed E-state index contributed by atoms with van der Waals surface area (Å²) in [7, 11) is 0. The van der Waals surface area contributed by atoms with Gasteiger partial charge < -0.3 is 4.90 Å². The summed E-state index contributed by atoms with van der Waals surface area (Å²) in [6.07, 6.45) is 7.83. The lowest BCUT2D eigenvalue weighted by molar-refractivity contribution is -0.140. The van der Waals surface area contributed by atoms with Crippen LogP contribution in [0.2, 0.25) is 0 Å².